The molecular weight excluding hydrogens is 266 g/mol. The lowest BCUT2D eigenvalue weighted by molar-refractivity contribution is 0.0529. The van der Waals surface area contributed by atoms with Gasteiger partial charge in [-0.2, -0.15) is 0 Å². The van der Waals surface area contributed by atoms with Crippen molar-refractivity contribution in [2.24, 2.45) is 0 Å². The molecule has 4 nitrogen and oxygen atoms in total. The maximum atomic E-state index is 11.4. The summed E-state index contributed by atoms with van der Waals surface area (Å²) in [6.45, 7) is 7.42. The lowest BCUT2D eigenvalue weighted by atomic mass is 10.1. The number of benzene rings is 1. The minimum absolute atomic E-state index is 0.0380. The number of rotatable bonds is 3. The highest BCUT2D eigenvalue weighted by atomic mass is 16.6. The summed E-state index contributed by atoms with van der Waals surface area (Å²) in [5.74, 6) is 5.98. The van der Waals surface area contributed by atoms with E-state index >= 15 is 0 Å². The van der Waals surface area contributed by atoms with Crippen molar-refractivity contribution < 1.29 is 14.3 Å². The first-order valence-corrected chi connectivity index (χ1v) is 6.84. The van der Waals surface area contributed by atoms with E-state index < -0.39 is 11.7 Å². The van der Waals surface area contributed by atoms with E-state index in [0.29, 0.717) is 18.5 Å². The third-order valence-corrected chi connectivity index (χ3v) is 2.44. The van der Waals surface area contributed by atoms with Crippen LogP contribution in [-0.4, -0.2) is 24.0 Å². The van der Waals surface area contributed by atoms with Crippen LogP contribution in [0.3, 0.4) is 0 Å². The summed E-state index contributed by atoms with van der Waals surface area (Å²) in [6, 6.07) is 7.13. The molecule has 0 spiro atoms. The standard InChI is InChI=1S/C17H21NO3/c1-13(19)15-10-8-14(9-11-15)7-5-6-12-18-16(20)21-17(2,3)4/h8-11H,6,12H2,1-4H3,(H,18,20). The number of hydrogen-bond acceptors (Lipinski definition) is 3. The van der Waals surface area contributed by atoms with Crippen molar-refractivity contribution in [3.63, 3.8) is 0 Å². The summed E-state index contributed by atoms with van der Waals surface area (Å²) in [4.78, 5) is 22.5. The third-order valence-electron chi connectivity index (χ3n) is 2.44. The fourth-order valence-corrected chi connectivity index (χ4v) is 1.49. The minimum Gasteiger partial charge on any atom is -0.444 e. The number of carbonyl (C=O) groups excluding carboxylic acids is 2. The maximum absolute atomic E-state index is 11.4. The number of ketones is 1. The molecule has 0 bridgehead atoms. The van der Waals surface area contributed by atoms with Crippen LogP contribution in [0.25, 0.3) is 0 Å². The van der Waals surface area contributed by atoms with Crippen LogP contribution in [0.5, 0.6) is 0 Å². The minimum atomic E-state index is -0.492. The maximum Gasteiger partial charge on any atom is 0.407 e. The van der Waals surface area contributed by atoms with E-state index in [1.54, 1.807) is 12.1 Å². The van der Waals surface area contributed by atoms with Crippen LogP contribution in [-0.2, 0) is 4.74 Å². The molecule has 1 rings (SSSR count). The second-order valence-electron chi connectivity index (χ2n) is 5.61. The molecular formula is C17H21NO3. The molecule has 0 radical (unpaired) electrons. The molecule has 1 aromatic rings. The molecule has 0 atom stereocenters. The summed E-state index contributed by atoms with van der Waals surface area (Å²) >= 11 is 0. The van der Waals surface area contributed by atoms with E-state index in [0.717, 1.165) is 5.56 Å². The van der Waals surface area contributed by atoms with Gasteiger partial charge >= 0.3 is 6.09 Å². The third kappa shape index (κ3) is 7.17. The molecule has 1 aromatic carbocycles. The summed E-state index contributed by atoms with van der Waals surface area (Å²) in [5, 5.41) is 2.64. The molecule has 4 heteroatoms. The molecule has 1 N–H and O–H groups in total. The van der Waals surface area contributed by atoms with Gasteiger partial charge in [0.1, 0.15) is 5.60 Å². The van der Waals surface area contributed by atoms with E-state index in [-0.39, 0.29) is 5.78 Å². The fourth-order valence-electron chi connectivity index (χ4n) is 1.49. The Morgan fingerprint density at radius 2 is 1.81 bits per heavy atom. The zero-order chi connectivity index (χ0) is 15.9. The smallest absolute Gasteiger partial charge is 0.407 e. The van der Waals surface area contributed by atoms with Crippen LogP contribution in [0.4, 0.5) is 4.79 Å². The predicted octanol–water partition coefficient (Wildman–Crippen LogP) is 3.16. The Labute approximate surface area is 125 Å². The lowest BCUT2D eigenvalue weighted by Gasteiger charge is -2.19. The van der Waals surface area contributed by atoms with Gasteiger partial charge in [-0.15, -0.1) is 0 Å². The number of alkyl carbamates (subject to hydrolysis) is 1. The summed E-state index contributed by atoms with van der Waals surface area (Å²) in [7, 11) is 0. The van der Waals surface area contributed by atoms with E-state index in [4.69, 9.17) is 4.74 Å². The largest absolute Gasteiger partial charge is 0.444 e. The van der Waals surface area contributed by atoms with Crippen molar-refractivity contribution in [2.75, 3.05) is 6.54 Å². The van der Waals surface area contributed by atoms with Crippen molar-refractivity contribution in [1.29, 1.82) is 0 Å². The molecule has 0 aromatic heterocycles. The Bertz CT molecular complexity index is 556. The molecule has 0 aliphatic carbocycles. The Balaban J connectivity index is 2.36. The van der Waals surface area contributed by atoms with Crippen molar-refractivity contribution in [3.05, 3.63) is 35.4 Å². The zero-order valence-electron chi connectivity index (χ0n) is 12.9. The van der Waals surface area contributed by atoms with Gasteiger partial charge in [0.15, 0.2) is 5.78 Å². The molecule has 0 unspecified atom stereocenters. The summed E-state index contributed by atoms with van der Waals surface area (Å²) in [5.41, 5.74) is 1.03. The average Bonchev–Trinajstić information content (AvgIpc) is 2.36. The van der Waals surface area contributed by atoms with Crippen LogP contribution in [0, 0.1) is 11.8 Å². The number of nitrogens with one attached hydrogen (secondary N) is 1. The van der Waals surface area contributed by atoms with E-state index in [1.165, 1.54) is 6.92 Å². The van der Waals surface area contributed by atoms with E-state index in [9.17, 15) is 9.59 Å². The molecule has 0 saturated heterocycles. The molecule has 21 heavy (non-hydrogen) atoms. The van der Waals surface area contributed by atoms with E-state index in [1.807, 2.05) is 32.9 Å². The van der Waals surface area contributed by atoms with Gasteiger partial charge in [0.05, 0.1) is 0 Å². The van der Waals surface area contributed by atoms with Gasteiger partial charge < -0.3 is 10.1 Å². The highest BCUT2D eigenvalue weighted by Gasteiger charge is 2.15. The SMILES string of the molecule is CC(=O)c1ccc(C#CCCNC(=O)OC(C)(C)C)cc1. The van der Waals surface area contributed by atoms with Crippen LogP contribution >= 0.6 is 0 Å². The van der Waals surface area contributed by atoms with Gasteiger partial charge in [-0.05, 0) is 39.8 Å². The van der Waals surface area contributed by atoms with Crippen molar-refractivity contribution in [3.8, 4) is 11.8 Å². The number of amides is 1. The molecule has 1 amide bonds. The van der Waals surface area contributed by atoms with Gasteiger partial charge in [-0.1, -0.05) is 24.0 Å². The first kappa shape index (κ1) is 16.8. The second kappa shape index (κ2) is 7.49. The van der Waals surface area contributed by atoms with Gasteiger partial charge in [0.25, 0.3) is 0 Å². The van der Waals surface area contributed by atoms with Crippen molar-refractivity contribution in [1.82, 2.24) is 5.32 Å². The Kier molecular flexibility index (Phi) is 5.98. The first-order valence-electron chi connectivity index (χ1n) is 6.84. The molecule has 0 aliphatic rings. The average molecular weight is 287 g/mol. The Hall–Kier alpha value is -2.28. The molecule has 0 heterocycles. The van der Waals surface area contributed by atoms with Crippen LogP contribution in [0.1, 0.15) is 50.0 Å². The fraction of sp³-hybridized carbons (Fsp3) is 0.412. The quantitative estimate of drug-likeness (QED) is 0.528. The highest BCUT2D eigenvalue weighted by Crippen LogP contribution is 2.06. The topological polar surface area (TPSA) is 55.4 Å². The normalized spacial score (nSPS) is 10.3. The summed E-state index contributed by atoms with van der Waals surface area (Å²) < 4.78 is 5.11. The van der Waals surface area contributed by atoms with Crippen LogP contribution < -0.4 is 5.32 Å². The van der Waals surface area contributed by atoms with Crippen molar-refractivity contribution in [2.45, 2.75) is 39.7 Å². The summed E-state index contributed by atoms with van der Waals surface area (Å²) in [6.07, 6.45) is 0.100. The van der Waals surface area contributed by atoms with Gasteiger partial charge in [-0.3, -0.25) is 4.79 Å². The molecule has 0 aliphatic heterocycles. The van der Waals surface area contributed by atoms with Crippen LogP contribution in [0.2, 0.25) is 0 Å². The first-order chi connectivity index (χ1) is 9.78. The lowest BCUT2D eigenvalue weighted by Crippen LogP contribution is -2.32. The zero-order valence-corrected chi connectivity index (χ0v) is 12.9. The van der Waals surface area contributed by atoms with Gasteiger partial charge in [0, 0.05) is 24.1 Å². The van der Waals surface area contributed by atoms with Gasteiger partial charge in [-0.25, -0.2) is 4.79 Å². The number of ether oxygens (including phenoxy) is 1. The number of Topliss-reactive ketones (excluding diaryl/α,β-unsaturated/α-hetero) is 1. The predicted molar refractivity (Wildman–Crippen MR) is 82.2 cm³/mol. The Morgan fingerprint density at radius 3 is 2.33 bits per heavy atom. The van der Waals surface area contributed by atoms with Gasteiger partial charge in [0.2, 0.25) is 0 Å². The van der Waals surface area contributed by atoms with E-state index in [2.05, 4.69) is 17.2 Å². The molecule has 0 saturated carbocycles. The Morgan fingerprint density at radius 1 is 1.19 bits per heavy atom. The number of carbonyl (C=O) groups is 2. The second-order valence-corrected chi connectivity index (χ2v) is 5.61. The molecule has 112 valence electrons. The monoisotopic (exact) mass is 287 g/mol. The molecule has 0 fully saturated rings. The van der Waals surface area contributed by atoms with Crippen molar-refractivity contribution >= 4 is 11.9 Å². The number of hydrogen-bond donors (Lipinski definition) is 1. The highest BCUT2D eigenvalue weighted by molar-refractivity contribution is 5.94. The van der Waals surface area contributed by atoms with Crippen LogP contribution in [0.15, 0.2) is 24.3 Å².